The summed E-state index contributed by atoms with van der Waals surface area (Å²) in [6.45, 7) is 7.37. The van der Waals surface area contributed by atoms with Crippen molar-refractivity contribution >= 4 is 32.6 Å². The summed E-state index contributed by atoms with van der Waals surface area (Å²) in [4.78, 5) is 21.4. The van der Waals surface area contributed by atoms with Crippen LogP contribution in [-0.4, -0.2) is 42.0 Å². The molecule has 0 radical (unpaired) electrons. The van der Waals surface area contributed by atoms with Gasteiger partial charge in [-0.3, -0.25) is 4.79 Å². The minimum atomic E-state index is -0.0314. The second kappa shape index (κ2) is 6.52. The van der Waals surface area contributed by atoms with Crippen molar-refractivity contribution in [2.45, 2.75) is 19.8 Å². The van der Waals surface area contributed by atoms with Crippen LogP contribution in [0.3, 0.4) is 0 Å². The maximum absolute atomic E-state index is 12.4. The molecule has 4 rings (SSSR count). The van der Waals surface area contributed by atoms with Crippen LogP contribution in [0.2, 0.25) is 0 Å². The Morgan fingerprint density at radius 3 is 2.64 bits per heavy atom. The highest BCUT2D eigenvalue weighted by atomic mass is 32.1. The van der Waals surface area contributed by atoms with E-state index in [-0.39, 0.29) is 5.91 Å². The van der Waals surface area contributed by atoms with E-state index in [9.17, 15) is 4.79 Å². The fourth-order valence-corrected chi connectivity index (χ4v) is 4.27. The van der Waals surface area contributed by atoms with Crippen molar-refractivity contribution < 1.29 is 9.21 Å². The second-order valence-corrected chi connectivity index (χ2v) is 7.61. The van der Waals surface area contributed by atoms with Crippen LogP contribution in [0.25, 0.3) is 10.2 Å². The van der Waals surface area contributed by atoms with E-state index in [1.807, 2.05) is 4.90 Å². The number of nitrogens with zero attached hydrogens (tertiary/aromatic N) is 3. The summed E-state index contributed by atoms with van der Waals surface area (Å²) >= 11 is 1.74. The number of hydrogen-bond acceptors (Lipinski definition) is 5. The molecule has 25 heavy (non-hydrogen) atoms. The zero-order chi connectivity index (χ0) is 17.4. The van der Waals surface area contributed by atoms with Crippen LogP contribution in [0.5, 0.6) is 0 Å². The van der Waals surface area contributed by atoms with E-state index in [2.05, 4.69) is 36.9 Å². The smallest absolute Gasteiger partial charge is 0.289 e. The lowest BCUT2D eigenvalue weighted by Gasteiger charge is -2.34. The summed E-state index contributed by atoms with van der Waals surface area (Å²) in [5.74, 6) is 0.840. The van der Waals surface area contributed by atoms with Gasteiger partial charge in [0.25, 0.3) is 5.91 Å². The van der Waals surface area contributed by atoms with Crippen molar-refractivity contribution in [3.63, 3.8) is 0 Å². The molecule has 0 aliphatic carbocycles. The van der Waals surface area contributed by atoms with E-state index < -0.39 is 0 Å². The minimum absolute atomic E-state index is 0.0314. The molecule has 0 atom stereocenters. The Bertz CT molecular complexity index is 877. The third kappa shape index (κ3) is 3.02. The van der Waals surface area contributed by atoms with E-state index in [0.717, 1.165) is 23.7 Å². The first-order valence-corrected chi connectivity index (χ1v) is 9.42. The zero-order valence-corrected chi connectivity index (χ0v) is 15.3. The Morgan fingerprint density at radius 2 is 1.96 bits per heavy atom. The Kier molecular flexibility index (Phi) is 4.21. The minimum Gasteiger partial charge on any atom is -0.459 e. The van der Waals surface area contributed by atoms with Gasteiger partial charge in [-0.05, 0) is 29.7 Å². The van der Waals surface area contributed by atoms with Gasteiger partial charge in [-0.1, -0.05) is 37.3 Å². The predicted octanol–water partition coefficient (Wildman–Crippen LogP) is 3.98. The lowest BCUT2D eigenvalue weighted by molar-refractivity contribution is 0.0714. The number of carbonyl (C=O) groups is 1. The van der Waals surface area contributed by atoms with E-state index in [4.69, 9.17) is 9.40 Å². The number of amides is 1. The van der Waals surface area contributed by atoms with Gasteiger partial charge >= 0.3 is 0 Å². The average molecular weight is 355 g/mol. The van der Waals surface area contributed by atoms with Gasteiger partial charge in [-0.15, -0.1) is 0 Å². The van der Waals surface area contributed by atoms with Gasteiger partial charge in [0.2, 0.25) is 0 Å². The Labute approximate surface area is 150 Å². The molecule has 1 saturated heterocycles. The number of para-hydroxylation sites is 1. The van der Waals surface area contributed by atoms with E-state index in [1.54, 1.807) is 23.5 Å². The number of rotatable bonds is 3. The molecule has 3 aromatic rings. The fraction of sp³-hybridized carbons (Fsp3) is 0.368. The molecule has 0 unspecified atom stereocenters. The molecule has 5 nitrogen and oxygen atoms in total. The Balaban J connectivity index is 1.50. The van der Waals surface area contributed by atoms with Crippen LogP contribution in [0.15, 0.2) is 41.0 Å². The lowest BCUT2D eigenvalue weighted by atomic mass is 10.0. The molecule has 0 spiro atoms. The molecule has 2 aromatic heterocycles. The number of piperazine rings is 1. The van der Waals surface area contributed by atoms with Crippen LogP contribution in [-0.2, 0) is 0 Å². The lowest BCUT2D eigenvalue weighted by Crippen LogP contribution is -2.48. The molecular weight excluding hydrogens is 334 g/mol. The number of thiazole rings is 1. The first-order valence-electron chi connectivity index (χ1n) is 8.60. The Hall–Kier alpha value is -2.34. The summed E-state index contributed by atoms with van der Waals surface area (Å²) < 4.78 is 6.45. The van der Waals surface area contributed by atoms with Crippen LogP contribution >= 0.6 is 11.3 Å². The summed E-state index contributed by atoms with van der Waals surface area (Å²) in [7, 11) is 0. The molecule has 0 bridgehead atoms. The predicted molar refractivity (Wildman–Crippen MR) is 101 cm³/mol. The summed E-state index contributed by atoms with van der Waals surface area (Å²) in [5, 5.41) is 1.05. The summed E-state index contributed by atoms with van der Waals surface area (Å²) in [6, 6.07) is 9.88. The normalized spacial score (nSPS) is 15.3. The standard InChI is InChI=1S/C19H21N3O2S/c1-13(2)14-5-3-7-16-17(14)20-19(25-16)22-10-8-21(9-11-22)18(23)15-6-4-12-24-15/h3-7,12-13H,8-11H2,1-2H3. The molecule has 1 aliphatic heterocycles. The largest absolute Gasteiger partial charge is 0.459 e. The highest BCUT2D eigenvalue weighted by molar-refractivity contribution is 7.22. The van der Waals surface area contributed by atoms with Crippen molar-refractivity contribution in [1.82, 2.24) is 9.88 Å². The third-order valence-electron chi connectivity index (χ3n) is 4.63. The first-order chi connectivity index (χ1) is 12.1. The van der Waals surface area contributed by atoms with Crippen molar-refractivity contribution in [3.8, 4) is 0 Å². The quantitative estimate of drug-likeness (QED) is 0.713. The molecule has 6 heteroatoms. The molecule has 1 fully saturated rings. The van der Waals surface area contributed by atoms with E-state index in [0.29, 0.717) is 24.8 Å². The fourth-order valence-electron chi connectivity index (χ4n) is 3.22. The number of hydrogen-bond donors (Lipinski definition) is 0. The number of fused-ring (bicyclic) bond motifs is 1. The van der Waals surface area contributed by atoms with Crippen LogP contribution in [0.4, 0.5) is 5.13 Å². The van der Waals surface area contributed by atoms with Gasteiger partial charge in [-0.2, -0.15) is 0 Å². The first kappa shape index (κ1) is 16.1. The number of aromatic nitrogens is 1. The van der Waals surface area contributed by atoms with E-state index in [1.165, 1.54) is 16.5 Å². The second-order valence-electron chi connectivity index (χ2n) is 6.60. The molecule has 0 saturated carbocycles. The van der Waals surface area contributed by atoms with Crippen molar-refractivity contribution in [3.05, 3.63) is 47.9 Å². The van der Waals surface area contributed by atoms with Gasteiger partial charge in [0.15, 0.2) is 10.9 Å². The van der Waals surface area contributed by atoms with Crippen molar-refractivity contribution in [1.29, 1.82) is 0 Å². The number of benzene rings is 1. The molecule has 1 amide bonds. The number of furan rings is 1. The number of carbonyl (C=O) groups excluding carboxylic acids is 1. The number of anilines is 1. The maximum atomic E-state index is 12.4. The molecule has 1 aliphatic rings. The SMILES string of the molecule is CC(C)c1cccc2sc(N3CCN(C(=O)c4ccco4)CC3)nc12. The topological polar surface area (TPSA) is 49.6 Å². The molecule has 1 aromatic carbocycles. The van der Waals surface area contributed by atoms with Crippen molar-refractivity contribution in [2.24, 2.45) is 0 Å². The van der Waals surface area contributed by atoms with Gasteiger partial charge in [0.05, 0.1) is 16.5 Å². The molecule has 130 valence electrons. The average Bonchev–Trinajstić information content (AvgIpc) is 3.30. The van der Waals surface area contributed by atoms with Crippen molar-refractivity contribution in [2.75, 3.05) is 31.1 Å². The molecular formula is C19H21N3O2S. The van der Waals surface area contributed by atoms with Crippen LogP contribution in [0.1, 0.15) is 35.9 Å². The molecule has 0 N–H and O–H groups in total. The third-order valence-corrected chi connectivity index (χ3v) is 5.71. The van der Waals surface area contributed by atoms with Crippen LogP contribution in [0, 0.1) is 0 Å². The van der Waals surface area contributed by atoms with E-state index >= 15 is 0 Å². The summed E-state index contributed by atoms with van der Waals surface area (Å²) in [6.07, 6.45) is 1.54. The Morgan fingerprint density at radius 1 is 1.16 bits per heavy atom. The zero-order valence-electron chi connectivity index (χ0n) is 14.4. The highest BCUT2D eigenvalue weighted by Crippen LogP contribution is 2.33. The van der Waals surface area contributed by atoms with Gasteiger partial charge in [0, 0.05) is 26.2 Å². The van der Waals surface area contributed by atoms with Gasteiger partial charge < -0.3 is 14.2 Å². The van der Waals surface area contributed by atoms with Gasteiger partial charge in [0.1, 0.15) is 0 Å². The highest BCUT2D eigenvalue weighted by Gasteiger charge is 2.25. The van der Waals surface area contributed by atoms with Crippen LogP contribution < -0.4 is 4.90 Å². The summed E-state index contributed by atoms with van der Waals surface area (Å²) in [5.41, 5.74) is 2.42. The monoisotopic (exact) mass is 355 g/mol. The maximum Gasteiger partial charge on any atom is 0.289 e. The van der Waals surface area contributed by atoms with Gasteiger partial charge in [-0.25, -0.2) is 4.98 Å². The molecule has 3 heterocycles.